The number of hydrogen-bond donors (Lipinski definition) is 0. The van der Waals surface area contributed by atoms with E-state index in [1.54, 1.807) is 48.8 Å². The van der Waals surface area contributed by atoms with Gasteiger partial charge in [0.15, 0.2) is 0 Å². The predicted molar refractivity (Wildman–Crippen MR) is 76.7 cm³/mol. The molecule has 0 aliphatic carbocycles. The molecule has 0 unspecified atom stereocenters. The van der Waals surface area contributed by atoms with Crippen molar-refractivity contribution in [2.24, 2.45) is 9.98 Å². The Hall–Kier alpha value is -2.11. The SMILES string of the molecule is [Co+2].[O-]c1ccccc1C=NCCN=Cc1ccccc1[O-]. The minimum absolute atomic E-state index is 0. The van der Waals surface area contributed by atoms with Crippen LogP contribution in [0.15, 0.2) is 58.5 Å². The van der Waals surface area contributed by atoms with Crippen LogP contribution in [0.3, 0.4) is 0 Å². The minimum Gasteiger partial charge on any atom is -0.872 e. The topological polar surface area (TPSA) is 70.8 Å². The zero-order chi connectivity index (χ0) is 14.2. The van der Waals surface area contributed by atoms with Gasteiger partial charge in [0.05, 0.1) is 13.1 Å². The van der Waals surface area contributed by atoms with Crippen molar-refractivity contribution in [2.75, 3.05) is 13.1 Å². The van der Waals surface area contributed by atoms with Crippen molar-refractivity contribution in [1.29, 1.82) is 0 Å². The molecular formula is C16H14CoN2O2. The summed E-state index contributed by atoms with van der Waals surface area (Å²) in [4.78, 5) is 8.28. The van der Waals surface area contributed by atoms with Crippen molar-refractivity contribution in [3.05, 3.63) is 59.7 Å². The first-order chi connectivity index (χ1) is 9.77. The van der Waals surface area contributed by atoms with E-state index in [9.17, 15) is 10.2 Å². The second kappa shape index (κ2) is 8.94. The third-order valence-corrected chi connectivity index (χ3v) is 2.66. The zero-order valence-corrected chi connectivity index (χ0v) is 12.3. The smallest absolute Gasteiger partial charge is 0.872 e. The van der Waals surface area contributed by atoms with E-state index in [4.69, 9.17) is 0 Å². The van der Waals surface area contributed by atoms with Crippen molar-refractivity contribution in [3.8, 4) is 11.5 Å². The first kappa shape index (κ1) is 16.9. The van der Waals surface area contributed by atoms with Gasteiger partial charge in [-0.1, -0.05) is 48.5 Å². The summed E-state index contributed by atoms with van der Waals surface area (Å²) in [5.41, 5.74) is 1.14. The fourth-order valence-corrected chi connectivity index (χ4v) is 1.62. The molecule has 0 amide bonds. The number of hydrogen-bond acceptors (Lipinski definition) is 4. The standard InChI is InChI=1S/C16H16N2O2.Co/c19-15-7-3-1-5-13(15)11-17-9-10-18-12-14-6-2-4-8-16(14)20;/h1-8,11-12,19-20H,9-10H2;/q;+2/p-2. The molecule has 5 heteroatoms. The van der Waals surface area contributed by atoms with Crippen molar-refractivity contribution < 1.29 is 27.0 Å². The molecule has 0 aliphatic rings. The fraction of sp³-hybridized carbons (Fsp3) is 0.125. The Bertz CT molecular complexity index is 572. The van der Waals surface area contributed by atoms with E-state index in [0.717, 1.165) is 0 Å². The molecular weight excluding hydrogens is 311 g/mol. The maximum atomic E-state index is 11.4. The van der Waals surface area contributed by atoms with Crippen LogP contribution in [0, 0.1) is 0 Å². The normalized spacial score (nSPS) is 10.9. The molecule has 0 saturated carbocycles. The monoisotopic (exact) mass is 325 g/mol. The molecule has 0 aromatic heterocycles. The average Bonchev–Trinajstić information content (AvgIpc) is 2.46. The van der Waals surface area contributed by atoms with Gasteiger partial charge >= 0.3 is 16.8 Å². The van der Waals surface area contributed by atoms with Crippen molar-refractivity contribution in [3.63, 3.8) is 0 Å². The Labute approximate surface area is 134 Å². The Kier molecular flexibility index (Phi) is 7.21. The van der Waals surface area contributed by atoms with Crippen LogP contribution in [0.5, 0.6) is 11.5 Å². The van der Waals surface area contributed by atoms with Crippen LogP contribution in [-0.2, 0) is 16.8 Å². The summed E-state index contributed by atoms with van der Waals surface area (Å²) in [6.07, 6.45) is 3.11. The molecule has 0 heterocycles. The van der Waals surface area contributed by atoms with Crippen LogP contribution in [0.1, 0.15) is 11.1 Å². The molecule has 1 radical (unpaired) electrons. The summed E-state index contributed by atoms with van der Waals surface area (Å²) < 4.78 is 0. The molecule has 109 valence electrons. The quantitative estimate of drug-likeness (QED) is 0.615. The molecule has 0 bridgehead atoms. The summed E-state index contributed by atoms with van der Waals surface area (Å²) >= 11 is 0. The van der Waals surface area contributed by atoms with E-state index >= 15 is 0 Å². The maximum absolute atomic E-state index is 11.4. The molecule has 0 spiro atoms. The van der Waals surface area contributed by atoms with Crippen LogP contribution < -0.4 is 10.2 Å². The second-order valence-corrected chi connectivity index (χ2v) is 4.15. The van der Waals surface area contributed by atoms with Gasteiger partial charge in [-0.2, -0.15) is 0 Å². The molecule has 21 heavy (non-hydrogen) atoms. The van der Waals surface area contributed by atoms with Gasteiger partial charge in [-0.25, -0.2) is 0 Å². The minimum atomic E-state index is -0.0416. The van der Waals surface area contributed by atoms with Crippen LogP contribution in [-0.4, -0.2) is 25.5 Å². The summed E-state index contributed by atoms with van der Waals surface area (Å²) in [5.74, 6) is -0.0833. The van der Waals surface area contributed by atoms with E-state index in [1.807, 2.05) is 0 Å². The Balaban J connectivity index is 0.00000220. The van der Waals surface area contributed by atoms with Gasteiger partial charge in [0, 0.05) is 12.4 Å². The van der Waals surface area contributed by atoms with E-state index in [1.165, 1.54) is 12.1 Å². The van der Waals surface area contributed by atoms with E-state index in [2.05, 4.69) is 9.98 Å². The summed E-state index contributed by atoms with van der Waals surface area (Å²) in [6, 6.07) is 13.5. The largest absolute Gasteiger partial charge is 2.00 e. The molecule has 0 aliphatic heterocycles. The number of nitrogens with zero attached hydrogens (tertiary/aromatic N) is 2. The van der Waals surface area contributed by atoms with Crippen LogP contribution in [0.2, 0.25) is 0 Å². The molecule has 0 saturated heterocycles. The van der Waals surface area contributed by atoms with Crippen molar-refractivity contribution in [1.82, 2.24) is 0 Å². The third kappa shape index (κ3) is 5.41. The maximum Gasteiger partial charge on any atom is 2.00 e. The van der Waals surface area contributed by atoms with Gasteiger partial charge < -0.3 is 10.2 Å². The molecule has 2 aromatic rings. The van der Waals surface area contributed by atoms with E-state index < -0.39 is 0 Å². The summed E-state index contributed by atoms with van der Waals surface area (Å²) in [6.45, 7) is 0.956. The van der Waals surface area contributed by atoms with Gasteiger partial charge in [-0.3, -0.25) is 9.98 Å². The van der Waals surface area contributed by atoms with Gasteiger partial charge in [-0.15, -0.1) is 11.5 Å². The second-order valence-electron chi connectivity index (χ2n) is 4.15. The van der Waals surface area contributed by atoms with Gasteiger partial charge in [0.2, 0.25) is 0 Å². The molecule has 4 nitrogen and oxygen atoms in total. The molecule has 2 aromatic carbocycles. The Morgan fingerprint density at radius 3 is 1.48 bits per heavy atom. The zero-order valence-electron chi connectivity index (χ0n) is 11.2. The van der Waals surface area contributed by atoms with Gasteiger partial charge in [0.1, 0.15) is 0 Å². The number of benzene rings is 2. The number of aliphatic imine (C=N–C) groups is 2. The molecule has 0 N–H and O–H groups in total. The van der Waals surface area contributed by atoms with Gasteiger partial charge in [-0.05, 0) is 11.1 Å². The average molecular weight is 325 g/mol. The molecule has 2 rings (SSSR count). The Morgan fingerprint density at radius 2 is 1.10 bits per heavy atom. The molecule has 0 atom stereocenters. The number of rotatable bonds is 5. The van der Waals surface area contributed by atoms with Crippen LogP contribution in [0.25, 0.3) is 0 Å². The summed E-state index contributed by atoms with van der Waals surface area (Å²) in [7, 11) is 0. The third-order valence-electron chi connectivity index (χ3n) is 2.66. The Morgan fingerprint density at radius 1 is 0.714 bits per heavy atom. The fourth-order valence-electron chi connectivity index (χ4n) is 1.62. The summed E-state index contributed by atoms with van der Waals surface area (Å²) in [5, 5.41) is 22.8. The number of para-hydroxylation sites is 2. The van der Waals surface area contributed by atoms with Crippen LogP contribution >= 0.6 is 0 Å². The van der Waals surface area contributed by atoms with Gasteiger partial charge in [0.25, 0.3) is 0 Å². The predicted octanol–water partition coefficient (Wildman–Crippen LogP) is 1.37. The first-order valence-corrected chi connectivity index (χ1v) is 6.29. The van der Waals surface area contributed by atoms with Crippen LogP contribution in [0.4, 0.5) is 0 Å². The van der Waals surface area contributed by atoms with E-state index in [0.29, 0.717) is 24.2 Å². The van der Waals surface area contributed by atoms with Crippen molar-refractivity contribution in [2.45, 2.75) is 0 Å². The first-order valence-electron chi connectivity index (χ1n) is 6.29. The van der Waals surface area contributed by atoms with E-state index in [-0.39, 0.29) is 28.3 Å². The molecule has 0 fully saturated rings. The van der Waals surface area contributed by atoms with Crippen molar-refractivity contribution >= 4 is 12.4 Å².